The van der Waals surface area contributed by atoms with Crippen molar-refractivity contribution < 1.29 is 14.3 Å². The molecule has 3 aliphatic rings. The lowest BCUT2D eigenvalue weighted by Crippen LogP contribution is -2.36. The van der Waals surface area contributed by atoms with E-state index in [0.29, 0.717) is 29.1 Å². The van der Waals surface area contributed by atoms with Crippen LogP contribution in [-0.2, 0) is 4.79 Å². The minimum atomic E-state index is -0.472. The maximum atomic E-state index is 13.5. The molecule has 2 aromatic carbocycles. The zero-order valence-electron chi connectivity index (χ0n) is 18.8. The number of benzene rings is 2. The quantitative estimate of drug-likeness (QED) is 0.526. The van der Waals surface area contributed by atoms with Crippen molar-refractivity contribution in [2.75, 3.05) is 11.7 Å². The minimum Gasteiger partial charge on any atom is -0.454 e. The Morgan fingerprint density at radius 1 is 1.00 bits per heavy atom. The molecule has 0 spiro atoms. The van der Waals surface area contributed by atoms with Crippen molar-refractivity contribution in [3.05, 3.63) is 95.0 Å². The highest BCUT2D eigenvalue weighted by atomic mass is 16.7. The molecule has 168 valence electrons. The summed E-state index contributed by atoms with van der Waals surface area (Å²) in [6, 6.07) is 20.3. The Hall–Kier alpha value is -4.24. The smallest absolute Gasteiger partial charge is 0.231 e. The molecule has 2 aliphatic heterocycles. The van der Waals surface area contributed by atoms with Gasteiger partial charge in [-0.05, 0) is 67.3 Å². The molecule has 0 N–H and O–H groups in total. The summed E-state index contributed by atoms with van der Waals surface area (Å²) in [6.45, 7) is 2.22. The first-order valence-electron chi connectivity index (χ1n) is 11.5. The van der Waals surface area contributed by atoms with Crippen molar-refractivity contribution in [1.82, 2.24) is 4.57 Å². The van der Waals surface area contributed by atoms with Crippen LogP contribution in [0.5, 0.6) is 11.5 Å². The van der Waals surface area contributed by atoms with Crippen molar-refractivity contribution in [1.29, 1.82) is 5.26 Å². The third-order valence-electron chi connectivity index (χ3n) is 6.69. The molecule has 0 amide bonds. The summed E-state index contributed by atoms with van der Waals surface area (Å²) in [4.78, 5) is 15.6. The van der Waals surface area contributed by atoms with E-state index in [1.165, 1.54) is 0 Å². The second kappa shape index (κ2) is 7.96. The first kappa shape index (κ1) is 20.4. The molecular weight excluding hydrogens is 426 g/mol. The van der Waals surface area contributed by atoms with Crippen molar-refractivity contribution in [3.63, 3.8) is 0 Å². The number of ether oxygens (including phenoxy) is 2. The van der Waals surface area contributed by atoms with Crippen molar-refractivity contribution in [2.24, 2.45) is 0 Å². The van der Waals surface area contributed by atoms with Crippen LogP contribution in [0.1, 0.15) is 36.3 Å². The van der Waals surface area contributed by atoms with E-state index in [4.69, 9.17) is 9.47 Å². The molecule has 0 fully saturated rings. The molecule has 1 atom stereocenters. The normalized spacial score (nSPS) is 19.4. The van der Waals surface area contributed by atoms with E-state index in [0.717, 1.165) is 41.2 Å². The monoisotopic (exact) mass is 449 g/mol. The molecule has 1 aliphatic carbocycles. The predicted molar refractivity (Wildman–Crippen MR) is 128 cm³/mol. The summed E-state index contributed by atoms with van der Waals surface area (Å²) in [5.74, 6) is 1.71. The molecule has 0 unspecified atom stereocenters. The fourth-order valence-electron chi connectivity index (χ4n) is 5.24. The number of hydrogen-bond donors (Lipinski definition) is 0. The van der Waals surface area contributed by atoms with E-state index in [9.17, 15) is 10.1 Å². The van der Waals surface area contributed by atoms with Gasteiger partial charge >= 0.3 is 0 Å². The second-order valence-corrected chi connectivity index (χ2v) is 8.80. The number of anilines is 1. The summed E-state index contributed by atoms with van der Waals surface area (Å²) in [7, 11) is 0. The fourth-order valence-corrected chi connectivity index (χ4v) is 5.24. The van der Waals surface area contributed by atoms with E-state index in [1.54, 1.807) is 0 Å². The van der Waals surface area contributed by atoms with Crippen LogP contribution in [0.2, 0.25) is 0 Å². The van der Waals surface area contributed by atoms with Crippen LogP contribution in [0.25, 0.3) is 5.82 Å². The van der Waals surface area contributed by atoms with E-state index in [-0.39, 0.29) is 12.6 Å². The first-order chi connectivity index (χ1) is 16.7. The lowest BCUT2D eigenvalue weighted by molar-refractivity contribution is -0.116. The van der Waals surface area contributed by atoms with Gasteiger partial charge in [-0.15, -0.1) is 0 Å². The molecule has 0 radical (unpaired) electrons. The summed E-state index contributed by atoms with van der Waals surface area (Å²) in [5.41, 5.74) is 5.13. The molecule has 3 heterocycles. The van der Waals surface area contributed by atoms with Gasteiger partial charge in [-0.1, -0.05) is 18.2 Å². The maximum Gasteiger partial charge on any atom is 0.231 e. The van der Waals surface area contributed by atoms with Crippen LogP contribution in [0.3, 0.4) is 0 Å². The van der Waals surface area contributed by atoms with Crippen LogP contribution < -0.4 is 14.4 Å². The second-order valence-electron chi connectivity index (χ2n) is 8.80. The SMILES string of the molecule is Cc1cccc(N2C3=C(C(=O)CCC3)[C@@H](c3ccc4c(c3)OCO4)C(C#N)=C2n2cccc2)c1. The number of allylic oxidation sites excluding steroid dienone is 3. The van der Waals surface area contributed by atoms with E-state index >= 15 is 0 Å². The van der Waals surface area contributed by atoms with Gasteiger partial charge in [0.05, 0.1) is 17.6 Å². The van der Waals surface area contributed by atoms with E-state index < -0.39 is 5.92 Å². The van der Waals surface area contributed by atoms with Gasteiger partial charge in [-0.2, -0.15) is 5.26 Å². The third kappa shape index (κ3) is 3.12. The molecule has 0 saturated heterocycles. The van der Waals surface area contributed by atoms with Crippen molar-refractivity contribution in [3.8, 4) is 17.6 Å². The molecule has 1 aromatic heterocycles. The number of rotatable bonds is 3. The largest absolute Gasteiger partial charge is 0.454 e. The van der Waals surface area contributed by atoms with E-state index in [2.05, 4.69) is 30.0 Å². The molecule has 6 nitrogen and oxygen atoms in total. The van der Waals surface area contributed by atoms with Gasteiger partial charge in [-0.3, -0.25) is 9.69 Å². The van der Waals surface area contributed by atoms with Crippen LogP contribution in [-0.4, -0.2) is 17.1 Å². The zero-order chi connectivity index (χ0) is 23.2. The summed E-state index contributed by atoms with van der Waals surface area (Å²) < 4.78 is 13.1. The van der Waals surface area contributed by atoms with Crippen LogP contribution in [0.4, 0.5) is 5.69 Å². The topological polar surface area (TPSA) is 67.5 Å². The molecule has 6 rings (SSSR count). The lowest BCUT2D eigenvalue weighted by Gasteiger charge is -2.41. The Bertz CT molecular complexity index is 1410. The average Bonchev–Trinajstić information content (AvgIpc) is 3.54. The summed E-state index contributed by atoms with van der Waals surface area (Å²) in [6.07, 6.45) is 5.93. The number of aryl methyl sites for hydroxylation is 1. The van der Waals surface area contributed by atoms with Crippen LogP contribution >= 0.6 is 0 Å². The molecule has 6 heteroatoms. The highest BCUT2D eigenvalue weighted by molar-refractivity contribution is 6.03. The highest BCUT2D eigenvalue weighted by Crippen LogP contribution is 2.50. The van der Waals surface area contributed by atoms with Gasteiger partial charge in [0.25, 0.3) is 0 Å². The van der Waals surface area contributed by atoms with Crippen LogP contribution in [0.15, 0.2) is 83.8 Å². The summed E-state index contributed by atoms with van der Waals surface area (Å²) >= 11 is 0. The standard InChI is InChI=1S/C28H23N3O3/c1-18-6-4-7-20(14-18)31-22-8-5-9-23(32)27(22)26(19-10-11-24-25(15-19)34-17-33-24)21(16-29)28(31)30-12-2-3-13-30/h2-4,6-7,10-15,26H,5,8-9,17H2,1H3/t26-/m0/s1. The average molecular weight is 450 g/mol. The summed E-state index contributed by atoms with van der Waals surface area (Å²) in [5, 5.41) is 10.5. The number of carbonyl (C=O) groups is 1. The molecule has 3 aromatic rings. The number of nitrogens with zero attached hydrogens (tertiary/aromatic N) is 3. The van der Waals surface area contributed by atoms with E-state index in [1.807, 2.05) is 59.4 Å². The Morgan fingerprint density at radius 2 is 1.82 bits per heavy atom. The van der Waals surface area contributed by atoms with Gasteiger partial charge in [0, 0.05) is 35.8 Å². The van der Waals surface area contributed by atoms with Gasteiger partial charge in [-0.25, -0.2) is 0 Å². The number of aromatic nitrogens is 1. The Kier molecular flexibility index (Phi) is 4.77. The molecular formula is C28H23N3O3. The number of carbonyl (C=O) groups excluding carboxylic acids is 1. The van der Waals surface area contributed by atoms with Gasteiger partial charge < -0.3 is 14.0 Å². The van der Waals surface area contributed by atoms with Crippen molar-refractivity contribution in [2.45, 2.75) is 32.1 Å². The molecule has 0 bridgehead atoms. The third-order valence-corrected chi connectivity index (χ3v) is 6.69. The lowest BCUT2D eigenvalue weighted by atomic mass is 9.75. The molecule has 34 heavy (non-hydrogen) atoms. The van der Waals surface area contributed by atoms with Gasteiger partial charge in [0.15, 0.2) is 17.3 Å². The maximum absolute atomic E-state index is 13.5. The fraction of sp³-hybridized carbons (Fsp3) is 0.214. The molecule has 0 saturated carbocycles. The number of fused-ring (bicyclic) bond motifs is 1. The minimum absolute atomic E-state index is 0.0980. The van der Waals surface area contributed by atoms with Crippen molar-refractivity contribution >= 4 is 17.3 Å². The number of hydrogen-bond acceptors (Lipinski definition) is 5. The number of Topliss-reactive ketones (excluding diaryl/α,β-unsaturated/α-hetero) is 1. The van der Waals surface area contributed by atoms with Crippen LogP contribution in [0, 0.1) is 18.3 Å². The zero-order valence-corrected chi connectivity index (χ0v) is 18.8. The first-order valence-corrected chi connectivity index (χ1v) is 11.5. The van der Waals surface area contributed by atoms with Gasteiger partial charge in [0.1, 0.15) is 5.82 Å². The Balaban J connectivity index is 1.65. The number of nitriles is 1. The number of ketones is 1. The highest BCUT2D eigenvalue weighted by Gasteiger charge is 2.42. The van der Waals surface area contributed by atoms with Gasteiger partial charge in [0.2, 0.25) is 6.79 Å². The Labute approximate surface area is 197 Å². The predicted octanol–water partition coefficient (Wildman–Crippen LogP) is 5.53. The Morgan fingerprint density at radius 3 is 2.62 bits per heavy atom.